The summed E-state index contributed by atoms with van der Waals surface area (Å²) in [5, 5.41) is 0.00140. The minimum absolute atomic E-state index is 0.00140. The minimum atomic E-state index is 0.00140. The van der Waals surface area contributed by atoms with Gasteiger partial charge in [0.2, 0.25) is 5.91 Å². The van der Waals surface area contributed by atoms with Gasteiger partial charge in [0.15, 0.2) is 11.5 Å². The summed E-state index contributed by atoms with van der Waals surface area (Å²) in [6.07, 6.45) is 0.583. The standard InChI is InChI=1S/C16H23NO4S/c1-4-21-14-11-12(5-6-13(14)20-3)16-17(8-9-19-2)15(18)7-10-22-16/h5-6,11,16H,4,7-10H2,1-3H3. The van der Waals surface area contributed by atoms with Gasteiger partial charge in [-0.25, -0.2) is 0 Å². The molecule has 1 unspecified atom stereocenters. The third-order valence-electron chi connectivity index (χ3n) is 3.50. The van der Waals surface area contributed by atoms with Crippen LogP contribution in [0, 0.1) is 0 Å². The molecule has 0 N–H and O–H groups in total. The van der Waals surface area contributed by atoms with E-state index in [0.717, 1.165) is 11.3 Å². The van der Waals surface area contributed by atoms with E-state index in [4.69, 9.17) is 14.2 Å². The minimum Gasteiger partial charge on any atom is -0.493 e. The van der Waals surface area contributed by atoms with Crippen molar-refractivity contribution < 1.29 is 19.0 Å². The van der Waals surface area contributed by atoms with Crippen LogP contribution in [0.5, 0.6) is 11.5 Å². The molecule has 1 atom stereocenters. The maximum Gasteiger partial charge on any atom is 0.224 e. The first-order valence-corrected chi connectivity index (χ1v) is 8.46. The number of benzene rings is 1. The lowest BCUT2D eigenvalue weighted by Gasteiger charge is -2.35. The SMILES string of the molecule is CCOc1cc(C2SCCC(=O)N2CCOC)ccc1OC. The molecule has 5 nitrogen and oxygen atoms in total. The number of thioether (sulfide) groups is 1. The average molecular weight is 325 g/mol. The van der Waals surface area contributed by atoms with E-state index < -0.39 is 0 Å². The highest BCUT2D eigenvalue weighted by Gasteiger charge is 2.30. The molecule has 6 heteroatoms. The molecule has 1 amide bonds. The Morgan fingerprint density at radius 1 is 1.32 bits per heavy atom. The predicted molar refractivity (Wildman–Crippen MR) is 87.6 cm³/mol. The normalized spacial score (nSPS) is 18.4. The number of hydrogen-bond donors (Lipinski definition) is 0. The van der Waals surface area contributed by atoms with Gasteiger partial charge in [0, 0.05) is 25.8 Å². The van der Waals surface area contributed by atoms with E-state index in [9.17, 15) is 4.79 Å². The van der Waals surface area contributed by atoms with Crippen LogP contribution in [0.1, 0.15) is 24.3 Å². The van der Waals surface area contributed by atoms with Crippen molar-refractivity contribution in [3.8, 4) is 11.5 Å². The zero-order chi connectivity index (χ0) is 15.9. The van der Waals surface area contributed by atoms with Crippen molar-refractivity contribution in [3.63, 3.8) is 0 Å². The van der Waals surface area contributed by atoms with Crippen molar-refractivity contribution in [3.05, 3.63) is 23.8 Å². The van der Waals surface area contributed by atoms with Crippen LogP contribution in [-0.2, 0) is 9.53 Å². The van der Waals surface area contributed by atoms with Crippen molar-refractivity contribution in [1.29, 1.82) is 0 Å². The summed E-state index contributed by atoms with van der Waals surface area (Å²) in [6.45, 7) is 3.65. The van der Waals surface area contributed by atoms with Crippen LogP contribution in [-0.4, -0.2) is 50.5 Å². The Hall–Kier alpha value is -1.40. The number of methoxy groups -OCH3 is 2. The van der Waals surface area contributed by atoms with Gasteiger partial charge in [-0.05, 0) is 24.6 Å². The molecule has 1 aromatic carbocycles. The van der Waals surface area contributed by atoms with Gasteiger partial charge in [-0.2, -0.15) is 0 Å². The fourth-order valence-corrected chi connectivity index (χ4v) is 3.70. The Labute approximate surface area is 135 Å². The molecular weight excluding hydrogens is 302 g/mol. The predicted octanol–water partition coefficient (Wildman–Crippen LogP) is 2.70. The Bertz CT molecular complexity index is 509. The number of rotatable bonds is 7. The Balaban J connectivity index is 2.26. The molecule has 1 saturated heterocycles. The fraction of sp³-hybridized carbons (Fsp3) is 0.562. The second kappa shape index (κ2) is 8.29. The van der Waals surface area contributed by atoms with Crippen LogP contribution in [0.25, 0.3) is 0 Å². The van der Waals surface area contributed by atoms with Crippen LogP contribution in [0.4, 0.5) is 0 Å². The molecule has 0 aromatic heterocycles. The van der Waals surface area contributed by atoms with E-state index in [2.05, 4.69) is 0 Å². The number of hydrogen-bond acceptors (Lipinski definition) is 5. The number of carbonyl (C=O) groups excluding carboxylic acids is 1. The topological polar surface area (TPSA) is 48.0 Å². The molecule has 1 aliphatic heterocycles. The number of amides is 1. The quantitative estimate of drug-likeness (QED) is 0.771. The molecule has 22 heavy (non-hydrogen) atoms. The summed E-state index contributed by atoms with van der Waals surface area (Å²) in [6, 6.07) is 5.87. The van der Waals surface area contributed by atoms with Crippen molar-refractivity contribution in [2.45, 2.75) is 18.7 Å². The summed E-state index contributed by atoms with van der Waals surface area (Å²) in [4.78, 5) is 14.1. The highest BCUT2D eigenvalue weighted by molar-refractivity contribution is 7.99. The number of ether oxygens (including phenoxy) is 3. The number of carbonyl (C=O) groups is 1. The van der Waals surface area contributed by atoms with Gasteiger partial charge in [0.1, 0.15) is 5.37 Å². The molecule has 1 fully saturated rings. The molecule has 122 valence electrons. The lowest BCUT2D eigenvalue weighted by atomic mass is 10.1. The maximum absolute atomic E-state index is 12.2. The molecule has 0 saturated carbocycles. The smallest absolute Gasteiger partial charge is 0.224 e. The second-order valence-electron chi connectivity index (χ2n) is 4.90. The van der Waals surface area contributed by atoms with Gasteiger partial charge in [-0.15, -0.1) is 11.8 Å². The molecule has 2 rings (SSSR count). The van der Waals surface area contributed by atoms with Crippen LogP contribution < -0.4 is 9.47 Å². The fourth-order valence-electron chi connectivity index (χ4n) is 2.45. The molecule has 0 bridgehead atoms. The van der Waals surface area contributed by atoms with Crippen LogP contribution in [0.15, 0.2) is 18.2 Å². The highest BCUT2D eigenvalue weighted by Crippen LogP contribution is 2.40. The first kappa shape index (κ1) is 17.0. The summed E-state index contributed by atoms with van der Waals surface area (Å²) < 4.78 is 16.1. The van der Waals surface area contributed by atoms with Crippen molar-refractivity contribution in [2.24, 2.45) is 0 Å². The van der Waals surface area contributed by atoms with E-state index in [1.807, 2.05) is 30.0 Å². The average Bonchev–Trinajstić information content (AvgIpc) is 2.54. The third-order valence-corrected chi connectivity index (χ3v) is 4.79. The molecule has 0 aliphatic carbocycles. The highest BCUT2D eigenvalue weighted by atomic mass is 32.2. The Morgan fingerprint density at radius 2 is 2.14 bits per heavy atom. The molecular formula is C16H23NO4S. The maximum atomic E-state index is 12.2. The van der Waals surface area contributed by atoms with Gasteiger partial charge in [-0.3, -0.25) is 4.79 Å². The largest absolute Gasteiger partial charge is 0.493 e. The molecule has 1 aliphatic rings. The number of nitrogens with zero attached hydrogens (tertiary/aromatic N) is 1. The van der Waals surface area contributed by atoms with Gasteiger partial charge in [-0.1, -0.05) is 6.07 Å². The van der Waals surface area contributed by atoms with E-state index in [1.165, 1.54) is 0 Å². The zero-order valence-electron chi connectivity index (χ0n) is 13.3. The van der Waals surface area contributed by atoms with Gasteiger partial charge >= 0.3 is 0 Å². The molecule has 1 heterocycles. The summed E-state index contributed by atoms with van der Waals surface area (Å²) >= 11 is 1.77. The van der Waals surface area contributed by atoms with Gasteiger partial charge in [0.25, 0.3) is 0 Å². The molecule has 1 aromatic rings. The second-order valence-corrected chi connectivity index (χ2v) is 6.08. The molecule has 0 spiro atoms. The van der Waals surface area contributed by atoms with Gasteiger partial charge in [0.05, 0.1) is 20.3 Å². The van der Waals surface area contributed by atoms with E-state index >= 15 is 0 Å². The van der Waals surface area contributed by atoms with Gasteiger partial charge < -0.3 is 19.1 Å². The molecule has 0 radical (unpaired) electrons. The zero-order valence-corrected chi connectivity index (χ0v) is 14.1. The van der Waals surface area contributed by atoms with Crippen molar-refractivity contribution in [1.82, 2.24) is 4.90 Å². The van der Waals surface area contributed by atoms with Crippen molar-refractivity contribution >= 4 is 17.7 Å². The Morgan fingerprint density at radius 3 is 2.82 bits per heavy atom. The summed E-state index contributed by atoms with van der Waals surface area (Å²) in [7, 11) is 3.28. The lowest BCUT2D eigenvalue weighted by molar-refractivity contribution is -0.132. The first-order valence-electron chi connectivity index (χ1n) is 7.42. The van der Waals surface area contributed by atoms with Crippen LogP contribution in [0.2, 0.25) is 0 Å². The van der Waals surface area contributed by atoms with Crippen molar-refractivity contribution in [2.75, 3.05) is 39.7 Å². The van der Waals surface area contributed by atoms with Crippen LogP contribution >= 0.6 is 11.8 Å². The third kappa shape index (κ3) is 3.87. The van der Waals surface area contributed by atoms with E-state index in [1.54, 1.807) is 26.0 Å². The van der Waals surface area contributed by atoms with E-state index in [-0.39, 0.29) is 11.3 Å². The monoisotopic (exact) mass is 325 g/mol. The summed E-state index contributed by atoms with van der Waals surface area (Å²) in [5.74, 6) is 2.44. The van der Waals surface area contributed by atoms with Crippen LogP contribution in [0.3, 0.4) is 0 Å². The summed E-state index contributed by atoms with van der Waals surface area (Å²) in [5.41, 5.74) is 1.05. The first-order chi connectivity index (χ1) is 10.7. The lowest BCUT2D eigenvalue weighted by Crippen LogP contribution is -2.39. The Kier molecular flexibility index (Phi) is 6.39. The van der Waals surface area contributed by atoms with E-state index in [0.29, 0.717) is 37.7 Å².